The molecule has 1 atom stereocenters. The molecule has 0 spiro atoms. The van der Waals surface area contributed by atoms with Crippen LogP contribution in [0.2, 0.25) is 0 Å². The lowest BCUT2D eigenvalue weighted by molar-refractivity contribution is 0.0920. The van der Waals surface area contributed by atoms with Crippen LogP contribution < -0.4 is 10.6 Å². The van der Waals surface area contributed by atoms with Crippen LogP contribution in [0, 0.1) is 11.8 Å². The van der Waals surface area contributed by atoms with Gasteiger partial charge in [-0.05, 0) is 50.6 Å². The van der Waals surface area contributed by atoms with Crippen molar-refractivity contribution in [1.29, 1.82) is 0 Å². The Morgan fingerprint density at radius 1 is 1.29 bits per heavy atom. The van der Waals surface area contributed by atoms with Gasteiger partial charge in [-0.25, -0.2) is 4.79 Å². The average Bonchev–Trinajstić information content (AvgIpc) is 2.44. The number of hydrogen-bond donors (Lipinski definition) is 3. The summed E-state index contributed by atoms with van der Waals surface area (Å²) in [6, 6.07) is -0.176. The van der Waals surface area contributed by atoms with Crippen LogP contribution >= 0.6 is 0 Å². The number of rotatable bonds is 8. The van der Waals surface area contributed by atoms with Crippen molar-refractivity contribution in [2.75, 3.05) is 32.7 Å². The third-order valence-electron chi connectivity index (χ3n) is 4.09. The lowest BCUT2D eigenvalue weighted by Gasteiger charge is -2.31. The first kappa shape index (κ1) is 18.2. The SMILES string of the molecule is CC(C)CCCNC(=O)NCC(O)CN1CCC(C)CC1. The molecular formula is C16H33N3O2. The fraction of sp³-hybridized carbons (Fsp3) is 0.938. The Balaban J connectivity index is 2.03. The van der Waals surface area contributed by atoms with E-state index in [1.54, 1.807) is 0 Å². The molecule has 5 nitrogen and oxygen atoms in total. The monoisotopic (exact) mass is 299 g/mol. The number of carbonyl (C=O) groups is 1. The smallest absolute Gasteiger partial charge is 0.314 e. The van der Waals surface area contributed by atoms with Gasteiger partial charge in [-0.3, -0.25) is 0 Å². The largest absolute Gasteiger partial charge is 0.390 e. The molecule has 1 heterocycles. The van der Waals surface area contributed by atoms with Crippen LogP contribution in [-0.4, -0.2) is 54.9 Å². The molecule has 0 aliphatic carbocycles. The van der Waals surface area contributed by atoms with E-state index in [2.05, 4.69) is 36.3 Å². The van der Waals surface area contributed by atoms with Gasteiger partial charge >= 0.3 is 6.03 Å². The van der Waals surface area contributed by atoms with Gasteiger partial charge in [0.25, 0.3) is 0 Å². The molecule has 0 radical (unpaired) electrons. The van der Waals surface area contributed by atoms with Crippen LogP contribution in [-0.2, 0) is 0 Å². The number of β-amino-alcohol motifs (C(OH)–C–C–N with tert-alkyl or cyclic N) is 1. The Labute approximate surface area is 129 Å². The van der Waals surface area contributed by atoms with Crippen molar-refractivity contribution < 1.29 is 9.90 Å². The summed E-state index contributed by atoms with van der Waals surface area (Å²) in [6.45, 7) is 10.4. The van der Waals surface area contributed by atoms with E-state index < -0.39 is 6.10 Å². The first-order chi connectivity index (χ1) is 9.97. The minimum Gasteiger partial charge on any atom is -0.390 e. The number of amides is 2. The van der Waals surface area contributed by atoms with E-state index in [0.717, 1.165) is 31.8 Å². The second-order valence-corrected chi connectivity index (χ2v) is 6.81. The summed E-state index contributed by atoms with van der Waals surface area (Å²) in [5, 5.41) is 15.5. The molecule has 0 aromatic heterocycles. The zero-order valence-electron chi connectivity index (χ0n) is 13.9. The predicted molar refractivity (Wildman–Crippen MR) is 86.3 cm³/mol. The van der Waals surface area contributed by atoms with Crippen molar-refractivity contribution in [2.24, 2.45) is 11.8 Å². The first-order valence-corrected chi connectivity index (χ1v) is 8.39. The third-order valence-corrected chi connectivity index (χ3v) is 4.09. The Morgan fingerprint density at radius 3 is 2.57 bits per heavy atom. The highest BCUT2D eigenvalue weighted by Gasteiger charge is 2.18. The molecule has 2 amide bonds. The number of piperidine rings is 1. The van der Waals surface area contributed by atoms with Crippen molar-refractivity contribution in [3.63, 3.8) is 0 Å². The number of aliphatic hydroxyl groups excluding tert-OH is 1. The Hall–Kier alpha value is -0.810. The fourth-order valence-corrected chi connectivity index (χ4v) is 2.59. The maximum Gasteiger partial charge on any atom is 0.314 e. The fourth-order valence-electron chi connectivity index (χ4n) is 2.59. The molecule has 1 saturated heterocycles. The lowest BCUT2D eigenvalue weighted by Crippen LogP contribution is -2.45. The van der Waals surface area contributed by atoms with Gasteiger partial charge in [-0.2, -0.15) is 0 Å². The van der Waals surface area contributed by atoms with E-state index in [-0.39, 0.29) is 6.03 Å². The molecule has 0 bridgehead atoms. The van der Waals surface area contributed by atoms with Crippen LogP contribution in [0.15, 0.2) is 0 Å². The van der Waals surface area contributed by atoms with Gasteiger partial charge in [0.2, 0.25) is 0 Å². The highest BCUT2D eigenvalue weighted by atomic mass is 16.3. The molecule has 0 aromatic carbocycles. The molecule has 124 valence electrons. The highest BCUT2D eigenvalue weighted by molar-refractivity contribution is 5.73. The van der Waals surface area contributed by atoms with Crippen molar-refractivity contribution >= 4 is 6.03 Å². The van der Waals surface area contributed by atoms with Crippen LogP contribution in [0.5, 0.6) is 0 Å². The number of aliphatic hydroxyl groups is 1. The molecule has 0 saturated carbocycles. The van der Waals surface area contributed by atoms with Crippen molar-refractivity contribution in [3.05, 3.63) is 0 Å². The van der Waals surface area contributed by atoms with E-state index in [1.807, 2.05) is 0 Å². The van der Waals surface area contributed by atoms with E-state index in [0.29, 0.717) is 25.6 Å². The van der Waals surface area contributed by atoms with Crippen LogP contribution in [0.3, 0.4) is 0 Å². The van der Waals surface area contributed by atoms with Crippen LogP contribution in [0.25, 0.3) is 0 Å². The molecule has 1 rings (SSSR count). The maximum absolute atomic E-state index is 11.6. The van der Waals surface area contributed by atoms with E-state index in [9.17, 15) is 9.90 Å². The Bertz CT molecular complexity index is 289. The quantitative estimate of drug-likeness (QED) is 0.599. The Morgan fingerprint density at radius 2 is 1.95 bits per heavy atom. The number of carbonyl (C=O) groups excluding carboxylic acids is 1. The number of likely N-dealkylation sites (tertiary alicyclic amines) is 1. The molecule has 21 heavy (non-hydrogen) atoms. The van der Waals surface area contributed by atoms with Gasteiger partial charge in [0, 0.05) is 19.6 Å². The zero-order chi connectivity index (χ0) is 15.7. The predicted octanol–water partition coefficient (Wildman–Crippen LogP) is 1.81. The second kappa shape index (κ2) is 10.0. The standard InChI is InChI=1S/C16H33N3O2/c1-13(2)5-4-8-17-16(21)18-11-15(20)12-19-9-6-14(3)7-10-19/h13-15,20H,4-12H2,1-3H3,(H2,17,18,21). The number of urea groups is 1. The summed E-state index contributed by atoms with van der Waals surface area (Å²) < 4.78 is 0. The average molecular weight is 299 g/mol. The van der Waals surface area contributed by atoms with E-state index >= 15 is 0 Å². The highest BCUT2D eigenvalue weighted by Crippen LogP contribution is 2.15. The number of nitrogens with zero attached hydrogens (tertiary/aromatic N) is 1. The molecule has 1 unspecified atom stereocenters. The minimum atomic E-state index is -0.486. The number of hydrogen-bond acceptors (Lipinski definition) is 3. The first-order valence-electron chi connectivity index (χ1n) is 8.39. The molecule has 3 N–H and O–H groups in total. The zero-order valence-corrected chi connectivity index (χ0v) is 13.9. The topological polar surface area (TPSA) is 64.6 Å². The summed E-state index contributed by atoms with van der Waals surface area (Å²) in [4.78, 5) is 13.9. The molecule has 1 fully saturated rings. The Kier molecular flexibility index (Phi) is 8.69. The van der Waals surface area contributed by atoms with Gasteiger partial charge in [0.05, 0.1) is 6.10 Å². The molecular weight excluding hydrogens is 266 g/mol. The van der Waals surface area contributed by atoms with Crippen molar-refractivity contribution in [3.8, 4) is 0 Å². The van der Waals surface area contributed by atoms with Crippen molar-refractivity contribution in [1.82, 2.24) is 15.5 Å². The minimum absolute atomic E-state index is 0.176. The summed E-state index contributed by atoms with van der Waals surface area (Å²) >= 11 is 0. The summed E-state index contributed by atoms with van der Waals surface area (Å²) in [5.74, 6) is 1.47. The van der Waals surface area contributed by atoms with Crippen LogP contribution in [0.4, 0.5) is 4.79 Å². The molecule has 1 aliphatic heterocycles. The van der Waals surface area contributed by atoms with Crippen LogP contribution in [0.1, 0.15) is 46.5 Å². The lowest BCUT2D eigenvalue weighted by atomic mass is 9.99. The van der Waals surface area contributed by atoms with Crippen molar-refractivity contribution in [2.45, 2.75) is 52.6 Å². The summed E-state index contributed by atoms with van der Waals surface area (Å²) in [5.41, 5.74) is 0. The molecule has 1 aliphatic rings. The van der Waals surface area contributed by atoms with Gasteiger partial charge in [-0.15, -0.1) is 0 Å². The van der Waals surface area contributed by atoms with Gasteiger partial charge in [0.1, 0.15) is 0 Å². The maximum atomic E-state index is 11.6. The summed E-state index contributed by atoms with van der Waals surface area (Å²) in [7, 11) is 0. The number of nitrogens with one attached hydrogen (secondary N) is 2. The second-order valence-electron chi connectivity index (χ2n) is 6.81. The molecule has 5 heteroatoms. The van der Waals surface area contributed by atoms with E-state index in [4.69, 9.17) is 0 Å². The third kappa shape index (κ3) is 8.94. The van der Waals surface area contributed by atoms with Gasteiger partial charge < -0.3 is 20.6 Å². The molecule has 0 aromatic rings. The van der Waals surface area contributed by atoms with Gasteiger partial charge in [0.15, 0.2) is 0 Å². The summed E-state index contributed by atoms with van der Waals surface area (Å²) in [6.07, 6.45) is 4.04. The normalized spacial score (nSPS) is 18.7. The van der Waals surface area contributed by atoms with E-state index in [1.165, 1.54) is 12.8 Å². The van der Waals surface area contributed by atoms with Gasteiger partial charge in [-0.1, -0.05) is 20.8 Å².